The summed E-state index contributed by atoms with van der Waals surface area (Å²) < 4.78 is 32.2. The second-order valence-electron chi connectivity index (χ2n) is 8.43. The summed E-state index contributed by atoms with van der Waals surface area (Å²) in [6.07, 6.45) is 1.61. The van der Waals surface area contributed by atoms with E-state index in [1.807, 2.05) is 5.43 Å². The minimum absolute atomic E-state index is 0.0144. The lowest BCUT2D eigenvalue weighted by Gasteiger charge is -2.26. The highest BCUT2D eigenvalue weighted by atomic mass is 32.2. The summed E-state index contributed by atoms with van der Waals surface area (Å²) in [6.45, 7) is 4.40. The molecule has 1 aromatic rings. The Hall–Kier alpha value is -3.03. The third-order valence-corrected chi connectivity index (χ3v) is 7.25. The molecular formula is C21H29N5O7S. The number of hydrogen-bond acceptors (Lipinski definition) is 7. The molecule has 0 spiro atoms. The maximum Gasteiger partial charge on any atom is 0.327 e. The van der Waals surface area contributed by atoms with E-state index in [1.165, 1.54) is 28.6 Å². The van der Waals surface area contributed by atoms with E-state index in [4.69, 9.17) is 4.74 Å². The molecule has 0 bridgehead atoms. The Balaban J connectivity index is 1.63. The Morgan fingerprint density at radius 1 is 1.03 bits per heavy atom. The number of benzene rings is 1. The zero-order valence-corrected chi connectivity index (χ0v) is 19.8. The average Bonchev–Trinajstić information content (AvgIpc) is 3.65. The quantitative estimate of drug-likeness (QED) is 0.275. The number of sulfonamides is 1. The standard InChI is InChI=1S/C21H29N5O7S/c1-13(2)17(19(28)24-25-21(30)20(29)22-15-6-7-15)23-18(27)14-4-3-5-16(12-14)34(31,32)26-8-10-33-11-9-26/h3-5,12-13,15,17H,6-11H2,1-2H3,(H,22,29)(H,23,27)(H,24,28)(H,25,30)/t17-/m0/s1. The van der Waals surface area contributed by atoms with Crippen molar-refractivity contribution in [2.75, 3.05) is 26.3 Å². The number of ether oxygens (including phenoxy) is 1. The van der Waals surface area contributed by atoms with Gasteiger partial charge < -0.3 is 15.4 Å². The van der Waals surface area contributed by atoms with Gasteiger partial charge in [0.15, 0.2) is 0 Å². The molecule has 0 radical (unpaired) electrons. The van der Waals surface area contributed by atoms with Crippen LogP contribution in [0, 0.1) is 5.92 Å². The molecule has 1 aliphatic heterocycles. The number of amides is 4. The van der Waals surface area contributed by atoms with Gasteiger partial charge in [-0.3, -0.25) is 30.0 Å². The highest BCUT2D eigenvalue weighted by Crippen LogP contribution is 2.19. The van der Waals surface area contributed by atoms with Gasteiger partial charge in [-0.1, -0.05) is 19.9 Å². The lowest BCUT2D eigenvalue weighted by atomic mass is 10.0. The van der Waals surface area contributed by atoms with Crippen molar-refractivity contribution in [2.45, 2.75) is 43.7 Å². The molecule has 1 saturated carbocycles. The minimum atomic E-state index is -3.80. The molecule has 4 amide bonds. The van der Waals surface area contributed by atoms with E-state index >= 15 is 0 Å². The maximum atomic E-state index is 12.9. The van der Waals surface area contributed by atoms with E-state index in [0.29, 0.717) is 13.2 Å². The Morgan fingerprint density at radius 3 is 2.32 bits per heavy atom. The lowest BCUT2D eigenvalue weighted by molar-refractivity contribution is -0.141. The summed E-state index contributed by atoms with van der Waals surface area (Å²) in [5, 5.41) is 5.05. The van der Waals surface area contributed by atoms with E-state index in [-0.39, 0.29) is 35.5 Å². The van der Waals surface area contributed by atoms with Crippen LogP contribution < -0.4 is 21.5 Å². The first-order valence-electron chi connectivity index (χ1n) is 11.0. The molecule has 4 N–H and O–H groups in total. The van der Waals surface area contributed by atoms with E-state index in [0.717, 1.165) is 12.8 Å². The summed E-state index contributed by atoms with van der Waals surface area (Å²) in [4.78, 5) is 48.9. The average molecular weight is 496 g/mol. The molecule has 13 heteroatoms. The number of rotatable bonds is 7. The predicted molar refractivity (Wildman–Crippen MR) is 120 cm³/mol. The van der Waals surface area contributed by atoms with Gasteiger partial charge in [0.05, 0.1) is 18.1 Å². The fourth-order valence-electron chi connectivity index (χ4n) is 3.22. The summed E-state index contributed by atoms with van der Waals surface area (Å²) in [6, 6.07) is 4.46. The molecule has 0 aromatic heterocycles. The topological polar surface area (TPSA) is 163 Å². The van der Waals surface area contributed by atoms with Gasteiger partial charge in [-0.15, -0.1) is 0 Å². The van der Waals surface area contributed by atoms with Crippen LogP contribution in [0.25, 0.3) is 0 Å². The van der Waals surface area contributed by atoms with Gasteiger partial charge in [-0.2, -0.15) is 4.31 Å². The number of morpholine rings is 1. The molecule has 34 heavy (non-hydrogen) atoms. The van der Waals surface area contributed by atoms with Crippen LogP contribution >= 0.6 is 0 Å². The first-order chi connectivity index (χ1) is 16.1. The maximum absolute atomic E-state index is 12.9. The van der Waals surface area contributed by atoms with Crippen LogP contribution in [0.2, 0.25) is 0 Å². The van der Waals surface area contributed by atoms with Crippen molar-refractivity contribution in [1.29, 1.82) is 0 Å². The van der Waals surface area contributed by atoms with Crippen molar-refractivity contribution in [1.82, 2.24) is 25.8 Å². The van der Waals surface area contributed by atoms with E-state index in [2.05, 4.69) is 16.1 Å². The van der Waals surface area contributed by atoms with Crippen molar-refractivity contribution in [3.8, 4) is 0 Å². The van der Waals surface area contributed by atoms with Crippen LogP contribution in [0.5, 0.6) is 0 Å². The normalized spacial score (nSPS) is 17.5. The zero-order chi connectivity index (χ0) is 24.9. The van der Waals surface area contributed by atoms with Crippen LogP contribution in [-0.4, -0.2) is 74.7 Å². The highest BCUT2D eigenvalue weighted by molar-refractivity contribution is 7.89. The van der Waals surface area contributed by atoms with Gasteiger partial charge in [0.25, 0.3) is 11.8 Å². The van der Waals surface area contributed by atoms with Gasteiger partial charge >= 0.3 is 11.8 Å². The van der Waals surface area contributed by atoms with E-state index in [9.17, 15) is 27.6 Å². The van der Waals surface area contributed by atoms with E-state index in [1.54, 1.807) is 13.8 Å². The van der Waals surface area contributed by atoms with Gasteiger partial charge in [-0.05, 0) is 37.0 Å². The molecule has 1 saturated heterocycles. The van der Waals surface area contributed by atoms with Crippen molar-refractivity contribution < 1.29 is 32.3 Å². The van der Waals surface area contributed by atoms with Gasteiger partial charge in [-0.25, -0.2) is 8.42 Å². The van der Waals surface area contributed by atoms with Gasteiger partial charge in [0.2, 0.25) is 10.0 Å². The van der Waals surface area contributed by atoms with Crippen molar-refractivity contribution in [2.24, 2.45) is 5.92 Å². The molecule has 3 rings (SSSR count). The summed E-state index contributed by atoms with van der Waals surface area (Å²) >= 11 is 0. The number of hydrogen-bond donors (Lipinski definition) is 4. The minimum Gasteiger partial charge on any atom is -0.379 e. The SMILES string of the molecule is CC(C)[C@H](NC(=O)c1cccc(S(=O)(=O)N2CCOCC2)c1)C(=O)NNC(=O)C(=O)NC1CC1. The molecule has 1 aliphatic carbocycles. The highest BCUT2D eigenvalue weighted by Gasteiger charge is 2.30. The monoisotopic (exact) mass is 495 g/mol. The first kappa shape index (κ1) is 25.6. The molecule has 0 unspecified atom stereocenters. The Labute approximate surface area is 197 Å². The number of carbonyl (C=O) groups excluding carboxylic acids is 4. The third kappa shape index (κ3) is 6.52. The largest absolute Gasteiger partial charge is 0.379 e. The molecule has 12 nitrogen and oxygen atoms in total. The van der Waals surface area contributed by atoms with Gasteiger partial charge in [0, 0.05) is 24.7 Å². The summed E-state index contributed by atoms with van der Waals surface area (Å²) in [5.74, 6) is -3.64. The first-order valence-corrected chi connectivity index (χ1v) is 12.4. The summed E-state index contributed by atoms with van der Waals surface area (Å²) in [7, 11) is -3.80. The number of hydrazine groups is 1. The fourth-order valence-corrected chi connectivity index (χ4v) is 4.68. The molecule has 2 fully saturated rings. The van der Waals surface area contributed by atoms with Crippen molar-refractivity contribution in [3.63, 3.8) is 0 Å². The molecule has 1 heterocycles. The second kappa shape index (κ2) is 10.9. The number of nitrogens with zero attached hydrogens (tertiary/aromatic N) is 1. The van der Waals surface area contributed by atoms with E-state index < -0.39 is 39.7 Å². The molecule has 2 aliphatic rings. The van der Waals surface area contributed by atoms with Crippen molar-refractivity contribution >= 4 is 33.7 Å². The summed E-state index contributed by atoms with van der Waals surface area (Å²) in [5.41, 5.74) is 4.23. The van der Waals surface area contributed by atoms with Crippen LogP contribution in [0.1, 0.15) is 37.0 Å². The Morgan fingerprint density at radius 2 is 1.71 bits per heavy atom. The molecular weight excluding hydrogens is 466 g/mol. The number of carbonyl (C=O) groups is 4. The van der Waals surface area contributed by atoms with Crippen LogP contribution in [0.4, 0.5) is 0 Å². The molecule has 1 atom stereocenters. The smallest absolute Gasteiger partial charge is 0.327 e. The van der Waals surface area contributed by atoms with Crippen LogP contribution in [0.3, 0.4) is 0 Å². The number of nitrogens with one attached hydrogen (secondary N) is 4. The lowest BCUT2D eigenvalue weighted by Crippen LogP contribution is -2.56. The molecule has 1 aromatic carbocycles. The van der Waals surface area contributed by atoms with Crippen LogP contribution in [-0.2, 0) is 29.1 Å². The Kier molecular flexibility index (Phi) is 8.23. The predicted octanol–water partition coefficient (Wildman–Crippen LogP) is -1.11. The van der Waals surface area contributed by atoms with Crippen LogP contribution in [0.15, 0.2) is 29.2 Å². The zero-order valence-electron chi connectivity index (χ0n) is 19.0. The fraction of sp³-hybridized carbons (Fsp3) is 0.524. The second-order valence-corrected chi connectivity index (χ2v) is 10.4. The Bertz CT molecular complexity index is 1050. The molecule has 186 valence electrons. The van der Waals surface area contributed by atoms with Gasteiger partial charge in [0.1, 0.15) is 6.04 Å². The third-order valence-electron chi connectivity index (χ3n) is 5.36. The van der Waals surface area contributed by atoms with Crippen molar-refractivity contribution in [3.05, 3.63) is 29.8 Å².